The average Bonchev–Trinajstić information content (AvgIpc) is 3.37. The van der Waals surface area contributed by atoms with Gasteiger partial charge in [-0.3, -0.25) is 14.5 Å². The van der Waals surface area contributed by atoms with Crippen LogP contribution in [0.2, 0.25) is 0 Å². The van der Waals surface area contributed by atoms with Crippen LogP contribution in [0.4, 0.5) is 0 Å². The summed E-state index contributed by atoms with van der Waals surface area (Å²) in [5.41, 5.74) is 5.91. The van der Waals surface area contributed by atoms with Gasteiger partial charge in [-0.2, -0.15) is 0 Å². The van der Waals surface area contributed by atoms with Gasteiger partial charge in [-0.05, 0) is 63.2 Å². The van der Waals surface area contributed by atoms with E-state index in [1.807, 2.05) is 13.0 Å². The zero-order valence-corrected chi connectivity index (χ0v) is 22.6. The predicted molar refractivity (Wildman–Crippen MR) is 136 cm³/mol. The van der Waals surface area contributed by atoms with E-state index >= 15 is 0 Å². The Morgan fingerprint density at radius 2 is 2.20 bits per heavy atom. The minimum Gasteiger partial charge on any atom is -0.464 e. The number of carbonyl (C=O) groups is 3. The number of rotatable bonds is 8. The number of aromatic nitrogens is 4. The first-order chi connectivity index (χ1) is 16.7. The van der Waals surface area contributed by atoms with Crippen LogP contribution in [-0.2, 0) is 23.9 Å². The van der Waals surface area contributed by atoms with Crippen molar-refractivity contribution in [3.63, 3.8) is 0 Å². The highest BCUT2D eigenvalue weighted by Gasteiger charge is 2.67. The van der Waals surface area contributed by atoms with E-state index in [1.165, 1.54) is 42.6 Å². The van der Waals surface area contributed by atoms with Crippen molar-refractivity contribution in [2.75, 3.05) is 20.0 Å². The molecule has 1 aromatic heterocycles. The fourth-order valence-corrected chi connectivity index (χ4v) is 6.94. The van der Waals surface area contributed by atoms with Crippen molar-refractivity contribution in [1.29, 1.82) is 0 Å². The van der Waals surface area contributed by atoms with Crippen molar-refractivity contribution in [1.82, 2.24) is 30.8 Å². The molecule has 0 radical (unpaired) electrons. The second kappa shape index (κ2) is 10.4. The number of β-lactam (4-membered cyclic amide) rings is 1. The number of benzene rings is 1. The summed E-state index contributed by atoms with van der Waals surface area (Å²) in [5, 5.41) is 15.9. The molecule has 12 nitrogen and oxygen atoms in total. The fourth-order valence-electron chi connectivity index (χ4n) is 3.85. The van der Waals surface area contributed by atoms with Crippen LogP contribution in [-0.4, -0.2) is 79.6 Å². The van der Waals surface area contributed by atoms with Crippen LogP contribution in [0.3, 0.4) is 0 Å². The van der Waals surface area contributed by atoms with E-state index < -0.39 is 34.9 Å². The Bertz CT molecular complexity index is 1180. The number of nitrogens with zero attached hydrogens (tertiary/aromatic N) is 4. The van der Waals surface area contributed by atoms with Crippen LogP contribution in [0.5, 0.6) is 0 Å². The largest absolute Gasteiger partial charge is 0.464 e. The lowest BCUT2D eigenvalue weighted by atomic mass is 9.96. The van der Waals surface area contributed by atoms with Gasteiger partial charge in [-0.1, -0.05) is 23.9 Å². The number of fused-ring (bicyclic) bond motifs is 1. The van der Waals surface area contributed by atoms with E-state index in [4.69, 9.17) is 15.2 Å². The van der Waals surface area contributed by atoms with Gasteiger partial charge in [0.1, 0.15) is 17.1 Å². The van der Waals surface area contributed by atoms with E-state index in [9.17, 15) is 14.4 Å². The third-order valence-electron chi connectivity index (χ3n) is 5.67. The molecule has 1 fully saturated rings. The molecule has 35 heavy (non-hydrogen) atoms. The summed E-state index contributed by atoms with van der Waals surface area (Å²) in [6.45, 7) is 1.88. The molecule has 4 atom stereocenters. The van der Waals surface area contributed by atoms with Crippen LogP contribution in [0, 0.1) is 3.57 Å². The lowest BCUT2D eigenvalue weighted by Crippen LogP contribution is -2.81. The van der Waals surface area contributed by atoms with Gasteiger partial charge in [0.2, 0.25) is 11.1 Å². The van der Waals surface area contributed by atoms with Crippen LogP contribution < -0.4 is 11.1 Å². The van der Waals surface area contributed by atoms with Crippen molar-refractivity contribution in [3.05, 3.63) is 44.7 Å². The first-order valence-corrected chi connectivity index (χ1v) is 13.3. The maximum absolute atomic E-state index is 13.5. The Morgan fingerprint density at radius 1 is 1.43 bits per heavy atom. The smallest absolute Gasteiger partial charge is 0.354 e. The van der Waals surface area contributed by atoms with Crippen LogP contribution in [0.15, 0.2) is 40.7 Å². The molecule has 0 bridgehead atoms. The number of halogens is 1. The molecule has 0 spiro atoms. The second-order valence-corrected chi connectivity index (χ2v) is 11.3. The Morgan fingerprint density at radius 3 is 2.83 bits per heavy atom. The van der Waals surface area contributed by atoms with Crippen molar-refractivity contribution in [3.8, 4) is 0 Å². The highest BCUT2D eigenvalue weighted by molar-refractivity contribution is 14.1. The molecule has 186 valence electrons. The molecule has 4 N–H and O–H groups in total. The van der Waals surface area contributed by atoms with Gasteiger partial charge >= 0.3 is 5.97 Å². The minimum atomic E-state index is -1.67. The van der Waals surface area contributed by atoms with Gasteiger partial charge in [0.05, 0.1) is 7.11 Å². The molecular weight excluding hydrogens is 609 g/mol. The molecule has 2 aliphatic rings. The third kappa shape index (κ3) is 4.66. The normalized spacial score (nSPS) is 23.3. The number of H-pyrrole nitrogens is 1. The number of hydrogen-bond donors (Lipinski definition) is 3. The highest BCUT2D eigenvalue weighted by Crippen LogP contribution is 2.48. The third-order valence-corrected chi connectivity index (χ3v) is 8.71. The molecule has 1 aromatic carbocycles. The Kier molecular flexibility index (Phi) is 7.70. The topological polar surface area (TPSA) is 165 Å². The molecular formula is C20H22IN7O5S2. The zero-order valence-electron chi connectivity index (χ0n) is 18.9. The molecule has 15 heteroatoms. The fraction of sp³-hybridized carbons (Fsp3) is 0.400. The molecule has 3 unspecified atom stereocenters. The number of ether oxygens (including phenoxy) is 2. The van der Waals surface area contributed by atoms with E-state index in [0.717, 1.165) is 3.57 Å². The Hall–Kier alpha value is -2.21. The quantitative estimate of drug-likeness (QED) is 0.124. The summed E-state index contributed by atoms with van der Waals surface area (Å²) in [5.74, 6) is -1.43. The highest BCUT2D eigenvalue weighted by atomic mass is 127. The number of nitrogens with one attached hydrogen (secondary N) is 2. The summed E-state index contributed by atoms with van der Waals surface area (Å²) in [4.78, 5) is 40.6. The van der Waals surface area contributed by atoms with Crippen LogP contribution in [0.25, 0.3) is 0 Å². The first-order valence-electron chi connectivity index (χ1n) is 10.3. The molecule has 2 amide bonds. The van der Waals surface area contributed by atoms with Gasteiger partial charge in [0.15, 0.2) is 0 Å². The molecule has 1 saturated heterocycles. The average molecular weight is 631 g/mol. The lowest BCUT2D eigenvalue weighted by molar-refractivity contribution is -0.193. The van der Waals surface area contributed by atoms with Gasteiger partial charge in [0.25, 0.3) is 11.6 Å². The van der Waals surface area contributed by atoms with Gasteiger partial charge in [0, 0.05) is 21.7 Å². The number of methoxy groups -OCH3 is 2. The summed E-state index contributed by atoms with van der Waals surface area (Å²) in [6, 6.07) is 6.21. The molecule has 3 heterocycles. The van der Waals surface area contributed by atoms with E-state index in [2.05, 4.69) is 48.5 Å². The summed E-state index contributed by atoms with van der Waals surface area (Å²) >= 11 is 4.80. The van der Waals surface area contributed by atoms with E-state index in [1.54, 1.807) is 18.2 Å². The van der Waals surface area contributed by atoms with Crippen LogP contribution >= 0.6 is 46.1 Å². The molecule has 0 saturated carbocycles. The number of thioether (sulfide) groups is 2. The van der Waals surface area contributed by atoms with Gasteiger partial charge in [-0.25, -0.2) is 9.89 Å². The molecule has 0 aliphatic carbocycles. The second-order valence-electron chi connectivity index (χ2n) is 7.63. The Balaban J connectivity index is 1.60. The number of esters is 1. The van der Waals surface area contributed by atoms with Crippen molar-refractivity contribution in [2.24, 2.45) is 5.73 Å². The standard InChI is InChI=1S/C20H22IN7O5S2/c1-9(35-19-24-26-27-25-19)12-8-34-18-20(33-3,17(31)28(18)14(12)16(30)32-2)23-15(29)13(22)10-5-4-6-11(21)7-10/h4-7,9,13,18H,8,22H2,1-3H3,(H,23,29)(H,24,25,26,27)/t9?,13?,18-,20?/m0/s1. The first kappa shape index (κ1) is 25.9. The molecule has 2 aliphatic heterocycles. The Labute approximate surface area is 222 Å². The molecule has 4 rings (SSSR count). The number of tetrazole rings is 1. The summed E-state index contributed by atoms with van der Waals surface area (Å²) in [6.07, 6.45) is 0. The maximum Gasteiger partial charge on any atom is 0.354 e. The van der Waals surface area contributed by atoms with Crippen LogP contribution in [0.1, 0.15) is 18.5 Å². The lowest BCUT2D eigenvalue weighted by Gasteiger charge is -2.56. The SMILES string of the molecule is COC(=O)C1=C(C(C)Sc2nnn[nH]2)CS[C@@H]2N1C(=O)C2(NC(=O)C(N)c1cccc(I)c1)OC. The van der Waals surface area contributed by atoms with Gasteiger partial charge in [-0.15, -0.1) is 16.9 Å². The van der Waals surface area contributed by atoms with E-state index in [0.29, 0.717) is 22.0 Å². The van der Waals surface area contributed by atoms with Crippen molar-refractivity contribution < 1.29 is 23.9 Å². The summed E-state index contributed by atoms with van der Waals surface area (Å²) < 4.78 is 11.5. The van der Waals surface area contributed by atoms with Crippen molar-refractivity contribution in [2.45, 2.75) is 34.5 Å². The number of amides is 2. The predicted octanol–water partition coefficient (Wildman–Crippen LogP) is 0.786. The zero-order chi connectivity index (χ0) is 25.3. The monoisotopic (exact) mass is 631 g/mol. The van der Waals surface area contributed by atoms with Crippen molar-refractivity contribution >= 4 is 63.9 Å². The maximum atomic E-state index is 13.5. The number of aromatic amines is 1. The van der Waals surface area contributed by atoms with E-state index in [-0.39, 0.29) is 10.9 Å². The van der Waals surface area contributed by atoms with Gasteiger partial charge < -0.3 is 20.5 Å². The number of carbonyl (C=O) groups excluding carboxylic acids is 3. The summed E-state index contributed by atoms with van der Waals surface area (Å²) in [7, 11) is 2.58. The number of hydrogen-bond acceptors (Lipinski definition) is 11. The number of nitrogens with two attached hydrogens (primary N) is 1. The minimum absolute atomic E-state index is 0.123. The molecule has 2 aromatic rings.